The second kappa shape index (κ2) is 7.28. The van der Waals surface area contributed by atoms with Gasteiger partial charge >= 0.3 is 0 Å². The maximum atomic E-state index is 12.2. The Kier molecular flexibility index (Phi) is 5.10. The number of hydrazine groups is 1. The Labute approximate surface area is 155 Å². The number of thioether (sulfide) groups is 1. The Morgan fingerprint density at radius 1 is 1.36 bits per heavy atom. The number of rotatable bonds is 4. The van der Waals surface area contributed by atoms with E-state index in [0.29, 0.717) is 16.4 Å². The van der Waals surface area contributed by atoms with E-state index in [4.69, 9.17) is 12.2 Å². The van der Waals surface area contributed by atoms with E-state index in [0.717, 1.165) is 17.1 Å². The van der Waals surface area contributed by atoms with Crippen LogP contribution in [0.3, 0.4) is 0 Å². The number of aromatic amines is 1. The van der Waals surface area contributed by atoms with Gasteiger partial charge in [0.15, 0.2) is 10.9 Å². The van der Waals surface area contributed by atoms with Crippen molar-refractivity contribution in [2.75, 3.05) is 11.1 Å². The van der Waals surface area contributed by atoms with Crippen LogP contribution in [0.1, 0.15) is 34.0 Å². The van der Waals surface area contributed by atoms with E-state index in [1.165, 1.54) is 23.7 Å². The van der Waals surface area contributed by atoms with Crippen LogP contribution in [0, 0.1) is 6.92 Å². The predicted molar refractivity (Wildman–Crippen MR) is 103 cm³/mol. The molecular formula is C17H18N4O2S2. The molecule has 1 saturated heterocycles. The minimum absolute atomic E-state index is 0.00454. The van der Waals surface area contributed by atoms with Crippen LogP contribution in [0.15, 0.2) is 36.4 Å². The number of hydrogen-bond acceptors (Lipinski definition) is 4. The number of benzene rings is 1. The van der Waals surface area contributed by atoms with E-state index in [1.807, 2.05) is 37.3 Å². The third kappa shape index (κ3) is 3.85. The summed E-state index contributed by atoms with van der Waals surface area (Å²) in [6, 6.07) is 11.3. The lowest BCUT2D eigenvalue weighted by atomic mass is 10.2. The molecule has 25 heavy (non-hydrogen) atoms. The summed E-state index contributed by atoms with van der Waals surface area (Å²) < 4.78 is 0. The summed E-state index contributed by atoms with van der Waals surface area (Å²) in [4.78, 5) is 27.1. The van der Waals surface area contributed by atoms with E-state index in [2.05, 4.69) is 15.7 Å². The van der Waals surface area contributed by atoms with Gasteiger partial charge in [0.25, 0.3) is 5.91 Å². The molecule has 130 valence electrons. The number of ketones is 1. The van der Waals surface area contributed by atoms with Crippen LogP contribution < -0.4 is 10.7 Å². The first-order valence-corrected chi connectivity index (χ1v) is 9.18. The molecule has 0 saturated carbocycles. The molecule has 2 heterocycles. The average Bonchev–Trinajstić information content (AvgIpc) is 3.12. The highest BCUT2D eigenvalue weighted by Crippen LogP contribution is 2.37. The van der Waals surface area contributed by atoms with Crippen molar-refractivity contribution in [1.82, 2.24) is 15.4 Å². The zero-order valence-corrected chi connectivity index (χ0v) is 15.5. The second-order valence-corrected chi connectivity index (χ2v) is 7.16. The number of amides is 1. The number of para-hydroxylation sites is 1. The average molecular weight is 374 g/mol. The van der Waals surface area contributed by atoms with Gasteiger partial charge in [-0.05, 0) is 44.3 Å². The van der Waals surface area contributed by atoms with Gasteiger partial charge in [-0.3, -0.25) is 15.0 Å². The number of carbonyl (C=O) groups is 2. The zero-order valence-electron chi connectivity index (χ0n) is 13.8. The van der Waals surface area contributed by atoms with Gasteiger partial charge in [0, 0.05) is 16.9 Å². The van der Waals surface area contributed by atoms with Gasteiger partial charge < -0.3 is 10.3 Å². The molecule has 6 nitrogen and oxygen atoms in total. The van der Waals surface area contributed by atoms with Crippen molar-refractivity contribution in [1.29, 1.82) is 0 Å². The molecule has 1 atom stereocenters. The third-order valence-electron chi connectivity index (χ3n) is 3.80. The molecule has 0 bridgehead atoms. The van der Waals surface area contributed by atoms with Crippen LogP contribution in [0.25, 0.3) is 0 Å². The first kappa shape index (κ1) is 17.5. The summed E-state index contributed by atoms with van der Waals surface area (Å²) in [7, 11) is 0. The van der Waals surface area contributed by atoms with Gasteiger partial charge in [-0.25, -0.2) is 5.01 Å². The monoisotopic (exact) mass is 374 g/mol. The molecule has 1 unspecified atom stereocenters. The molecule has 1 amide bonds. The molecule has 1 aliphatic rings. The van der Waals surface area contributed by atoms with Gasteiger partial charge in [0.05, 0.1) is 11.4 Å². The number of aromatic nitrogens is 1. The lowest BCUT2D eigenvalue weighted by Gasteiger charge is -2.25. The summed E-state index contributed by atoms with van der Waals surface area (Å²) in [6.45, 7) is 3.38. The molecule has 3 rings (SSSR count). The zero-order chi connectivity index (χ0) is 18.0. The first-order valence-electron chi connectivity index (χ1n) is 7.72. The van der Waals surface area contributed by atoms with Crippen molar-refractivity contribution in [2.24, 2.45) is 0 Å². The number of nitrogens with one attached hydrogen (secondary N) is 3. The Bertz CT molecular complexity index is 819. The van der Waals surface area contributed by atoms with Crippen LogP contribution in [0.2, 0.25) is 0 Å². The fourth-order valence-corrected chi connectivity index (χ4v) is 3.93. The van der Waals surface area contributed by atoms with Gasteiger partial charge in [-0.1, -0.05) is 18.2 Å². The van der Waals surface area contributed by atoms with Crippen molar-refractivity contribution in [3.05, 3.63) is 53.3 Å². The van der Waals surface area contributed by atoms with Crippen molar-refractivity contribution in [3.8, 4) is 0 Å². The number of thiocarbonyl (C=S) groups is 1. The van der Waals surface area contributed by atoms with E-state index in [9.17, 15) is 9.59 Å². The van der Waals surface area contributed by atoms with Crippen LogP contribution in [0.5, 0.6) is 0 Å². The minimum atomic E-state index is -0.269. The van der Waals surface area contributed by atoms with E-state index < -0.39 is 0 Å². The molecule has 0 spiro atoms. The fraction of sp³-hybridized carbons (Fsp3) is 0.235. The predicted octanol–water partition coefficient (Wildman–Crippen LogP) is 3.00. The van der Waals surface area contributed by atoms with Gasteiger partial charge in [-0.15, -0.1) is 11.8 Å². The maximum absolute atomic E-state index is 12.2. The quantitative estimate of drug-likeness (QED) is 0.564. The van der Waals surface area contributed by atoms with E-state index in [1.54, 1.807) is 6.07 Å². The number of hydrogen-bond donors (Lipinski definition) is 3. The van der Waals surface area contributed by atoms with Gasteiger partial charge in [0.1, 0.15) is 5.37 Å². The summed E-state index contributed by atoms with van der Waals surface area (Å²) in [6.07, 6.45) is 0. The molecule has 1 aliphatic heterocycles. The molecular weight excluding hydrogens is 356 g/mol. The largest absolute Gasteiger partial charge is 0.359 e. The molecule has 8 heteroatoms. The summed E-state index contributed by atoms with van der Waals surface area (Å²) in [5.74, 6) is 0.276. The minimum Gasteiger partial charge on any atom is -0.359 e. The Morgan fingerprint density at radius 2 is 2.08 bits per heavy atom. The smallest absolute Gasteiger partial charge is 0.252 e. The highest BCUT2D eigenvalue weighted by Gasteiger charge is 2.35. The number of aryl methyl sites for hydroxylation is 1. The van der Waals surface area contributed by atoms with Crippen molar-refractivity contribution < 1.29 is 9.59 Å². The van der Waals surface area contributed by atoms with Crippen LogP contribution >= 0.6 is 24.0 Å². The lowest BCUT2D eigenvalue weighted by Crippen LogP contribution is -2.46. The second-order valence-electron chi connectivity index (χ2n) is 5.68. The number of carbonyl (C=O) groups excluding carboxylic acids is 2. The van der Waals surface area contributed by atoms with E-state index in [-0.39, 0.29) is 17.1 Å². The summed E-state index contributed by atoms with van der Waals surface area (Å²) >= 11 is 6.79. The normalized spacial score (nSPS) is 16.8. The topological polar surface area (TPSA) is 77.2 Å². The Morgan fingerprint density at radius 3 is 2.72 bits per heavy atom. The standard InChI is InChI=1S/C17H18N4O2S2/c1-10-13(11(2)22)8-14(18-10)16-21(15(23)9-25-16)20-17(24)19-12-6-4-3-5-7-12/h3-8,16,18H,9H2,1-2H3,(H2,19,20,24). The van der Waals surface area contributed by atoms with Gasteiger partial charge in [-0.2, -0.15) is 0 Å². The van der Waals surface area contributed by atoms with Crippen LogP contribution in [-0.4, -0.2) is 32.5 Å². The lowest BCUT2D eigenvalue weighted by molar-refractivity contribution is -0.129. The van der Waals surface area contributed by atoms with Crippen molar-refractivity contribution >= 4 is 46.5 Å². The Balaban J connectivity index is 1.75. The molecule has 2 aromatic rings. The highest BCUT2D eigenvalue weighted by molar-refractivity contribution is 8.00. The molecule has 1 fully saturated rings. The molecule has 0 aliphatic carbocycles. The summed E-state index contributed by atoms with van der Waals surface area (Å²) in [5.41, 5.74) is 6.04. The van der Waals surface area contributed by atoms with E-state index >= 15 is 0 Å². The number of H-pyrrole nitrogens is 1. The summed E-state index contributed by atoms with van der Waals surface area (Å²) in [5, 5.41) is 4.61. The molecule has 3 N–H and O–H groups in total. The molecule has 1 aromatic carbocycles. The van der Waals surface area contributed by atoms with Crippen molar-refractivity contribution in [3.63, 3.8) is 0 Å². The van der Waals surface area contributed by atoms with Crippen LogP contribution in [-0.2, 0) is 4.79 Å². The Hall–Kier alpha value is -2.32. The molecule has 1 aromatic heterocycles. The number of nitrogens with zero attached hydrogens (tertiary/aromatic N) is 1. The number of anilines is 1. The fourth-order valence-electron chi connectivity index (χ4n) is 2.65. The maximum Gasteiger partial charge on any atom is 0.252 e. The SMILES string of the molecule is CC(=O)c1cc(C2SCC(=O)N2NC(=S)Nc2ccccc2)[nH]c1C. The van der Waals surface area contributed by atoms with Crippen molar-refractivity contribution in [2.45, 2.75) is 19.2 Å². The highest BCUT2D eigenvalue weighted by atomic mass is 32.2. The third-order valence-corrected chi connectivity index (χ3v) is 5.19. The number of Topliss-reactive ketones (excluding diaryl/α,β-unsaturated/α-hetero) is 1. The molecule has 0 radical (unpaired) electrons. The first-order chi connectivity index (χ1) is 12.0. The van der Waals surface area contributed by atoms with Gasteiger partial charge in [0.2, 0.25) is 0 Å². The van der Waals surface area contributed by atoms with Crippen LogP contribution in [0.4, 0.5) is 5.69 Å².